The van der Waals surface area contributed by atoms with Gasteiger partial charge in [-0.3, -0.25) is 4.79 Å². The molecule has 0 radical (unpaired) electrons. The smallest absolute Gasteiger partial charge is 0.223 e. The molecule has 1 amide bonds. The molecule has 1 aliphatic rings. The highest BCUT2D eigenvalue weighted by Crippen LogP contribution is 2.30. The van der Waals surface area contributed by atoms with Crippen molar-refractivity contribution in [1.82, 2.24) is 5.32 Å². The highest BCUT2D eigenvalue weighted by Gasteiger charge is 2.28. The molecule has 0 saturated heterocycles. The summed E-state index contributed by atoms with van der Waals surface area (Å²) in [6.45, 7) is 5.21. The summed E-state index contributed by atoms with van der Waals surface area (Å²) in [5.74, 6) is 0.474. The zero-order chi connectivity index (χ0) is 12.7. The number of nitrogens with one attached hydrogen (secondary N) is 1. The Kier molecular flexibility index (Phi) is 5.96. The van der Waals surface area contributed by atoms with Crippen LogP contribution in [0.25, 0.3) is 0 Å². The maximum Gasteiger partial charge on any atom is 0.223 e. The summed E-state index contributed by atoms with van der Waals surface area (Å²) in [5.41, 5.74) is 0.0863. The van der Waals surface area contributed by atoms with Crippen LogP contribution in [0.1, 0.15) is 58.8 Å². The molecular formula is C14H27NO2. The molecule has 0 aromatic heterocycles. The van der Waals surface area contributed by atoms with E-state index in [-0.39, 0.29) is 23.8 Å². The Balaban J connectivity index is 2.42. The van der Waals surface area contributed by atoms with Gasteiger partial charge in [0.15, 0.2) is 0 Å². The molecule has 100 valence electrons. The van der Waals surface area contributed by atoms with Crippen LogP contribution in [0.5, 0.6) is 0 Å². The third-order valence-electron chi connectivity index (χ3n) is 4.51. The first-order valence-electron chi connectivity index (χ1n) is 7.06. The lowest BCUT2D eigenvalue weighted by atomic mass is 9.79. The summed E-state index contributed by atoms with van der Waals surface area (Å²) in [6, 6.07) is 0. The van der Waals surface area contributed by atoms with Crippen LogP contribution in [-0.4, -0.2) is 24.2 Å². The molecule has 1 saturated carbocycles. The van der Waals surface area contributed by atoms with Gasteiger partial charge in [0, 0.05) is 19.1 Å². The molecule has 0 spiro atoms. The molecule has 0 atom stereocenters. The van der Waals surface area contributed by atoms with E-state index in [4.69, 9.17) is 5.11 Å². The first kappa shape index (κ1) is 14.5. The summed E-state index contributed by atoms with van der Waals surface area (Å²) in [6.07, 6.45) is 7.30. The number of hydrogen-bond acceptors (Lipinski definition) is 2. The first-order valence-corrected chi connectivity index (χ1v) is 7.06. The molecule has 0 bridgehead atoms. The zero-order valence-electron chi connectivity index (χ0n) is 11.3. The number of aliphatic hydroxyl groups is 1. The molecular weight excluding hydrogens is 214 g/mol. The Morgan fingerprint density at radius 2 is 1.88 bits per heavy atom. The van der Waals surface area contributed by atoms with Gasteiger partial charge in [-0.2, -0.15) is 0 Å². The van der Waals surface area contributed by atoms with E-state index in [0.717, 1.165) is 38.6 Å². The number of rotatable bonds is 7. The summed E-state index contributed by atoms with van der Waals surface area (Å²) in [4.78, 5) is 12.0. The number of carbonyl (C=O) groups is 1. The van der Waals surface area contributed by atoms with Crippen LogP contribution >= 0.6 is 0 Å². The van der Waals surface area contributed by atoms with Crippen molar-refractivity contribution >= 4 is 5.91 Å². The lowest BCUT2D eigenvalue weighted by Gasteiger charge is -2.31. The van der Waals surface area contributed by atoms with Gasteiger partial charge in [-0.1, -0.05) is 26.7 Å². The van der Waals surface area contributed by atoms with Crippen molar-refractivity contribution in [2.24, 2.45) is 11.3 Å². The minimum absolute atomic E-state index is 0.0863. The van der Waals surface area contributed by atoms with Gasteiger partial charge in [-0.05, 0) is 37.5 Å². The van der Waals surface area contributed by atoms with Crippen molar-refractivity contribution in [1.29, 1.82) is 0 Å². The monoisotopic (exact) mass is 241 g/mol. The standard InChI is InChI=1S/C14H27NO2/c1-3-14(4-2,9-10-16)11-15-13(17)12-7-5-6-8-12/h12,16H,3-11H2,1-2H3,(H,15,17). The first-order chi connectivity index (χ1) is 8.17. The van der Waals surface area contributed by atoms with E-state index in [2.05, 4.69) is 19.2 Å². The van der Waals surface area contributed by atoms with Crippen LogP contribution in [0, 0.1) is 11.3 Å². The van der Waals surface area contributed by atoms with Gasteiger partial charge in [0.05, 0.1) is 0 Å². The minimum Gasteiger partial charge on any atom is -0.396 e. The molecule has 1 aliphatic carbocycles. The quantitative estimate of drug-likeness (QED) is 0.719. The van der Waals surface area contributed by atoms with E-state index in [1.165, 1.54) is 12.8 Å². The van der Waals surface area contributed by atoms with Gasteiger partial charge < -0.3 is 10.4 Å². The third kappa shape index (κ3) is 3.98. The fraction of sp³-hybridized carbons (Fsp3) is 0.929. The van der Waals surface area contributed by atoms with Gasteiger partial charge in [0.25, 0.3) is 0 Å². The van der Waals surface area contributed by atoms with Crippen LogP contribution in [-0.2, 0) is 4.79 Å². The molecule has 2 N–H and O–H groups in total. The average Bonchev–Trinajstić information content (AvgIpc) is 2.88. The molecule has 17 heavy (non-hydrogen) atoms. The summed E-state index contributed by atoms with van der Waals surface area (Å²) < 4.78 is 0. The largest absolute Gasteiger partial charge is 0.396 e. The molecule has 1 fully saturated rings. The molecule has 1 rings (SSSR count). The van der Waals surface area contributed by atoms with Gasteiger partial charge in [0.1, 0.15) is 0 Å². The van der Waals surface area contributed by atoms with Gasteiger partial charge in [0.2, 0.25) is 5.91 Å². The highest BCUT2D eigenvalue weighted by molar-refractivity contribution is 5.78. The van der Waals surface area contributed by atoms with Crippen molar-refractivity contribution in [2.75, 3.05) is 13.2 Å². The Labute approximate surface area is 105 Å². The Morgan fingerprint density at radius 3 is 2.35 bits per heavy atom. The normalized spacial score (nSPS) is 17.4. The lowest BCUT2D eigenvalue weighted by molar-refractivity contribution is -0.125. The zero-order valence-corrected chi connectivity index (χ0v) is 11.3. The SMILES string of the molecule is CCC(CC)(CCO)CNC(=O)C1CCCC1. The van der Waals surface area contributed by atoms with Crippen LogP contribution in [0.15, 0.2) is 0 Å². The number of hydrogen-bond donors (Lipinski definition) is 2. The second-order valence-electron chi connectivity index (χ2n) is 5.38. The van der Waals surface area contributed by atoms with Crippen molar-refractivity contribution in [2.45, 2.75) is 58.8 Å². The third-order valence-corrected chi connectivity index (χ3v) is 4.51. The minimum atomic E-state index is 0.0863. The van der Waals surface area contributed by atoms with E-state index in [9.17, 15) is 4.79 Å². The molecule has 3 heteroatoms. The maximum atomic E-state index is 12.0. The van der Waals surface area contributed by atoms with E-state index in [0.29, 0.717) is 0 Å². The van der Waals surface area contributed by atoms with E-state index in [1.807, 2.05) is 0 Å². The van der Waals surface area contributed by atoms with Crippen LogP contribution in [0.2, 0.25) is 0 Å². The Morgan fingerprint density at radius 1 is 1.29 bits per heavy atom. The van der Waals surface area contributed by atoms with Crippen molar-refractivity contribution in [3.8, 4) is 0 Å². The van der Waals surface area contributed by atoms with Crippen molar-refractivity contribution in [3.05, 3.63) is 0 Å². The van der Waals surface area contributed by atoms with Gasteiger partial charge in [-0.25, -0.2) is 0 Å². The summed E-state index contributed by atoms with van der Waals surface area (Å²) in [5, 5.41) is 12.2. The number of aliphatic hydroxyl groups excluding tert-OH is 1. The molecule has 0 heterocycles. The van der Waals surface area contributed by atoms with E-state index < -0.39 is 0 Å². The maximum absolute atomic E-state index is 12.0. The molecule has 0 aliphatic heterocycles. The lowest BCUT2D eigenvalue weighted by Crippen LogP contribution is -2.39. The Hall–Kier alpha value is -0.570. The topological polar surface area (TPSA) is 49.3 Å². The second kappa shape index (κ2) is 7.00. The van der Waals surface area contributed by atoms with Crippen LogP contribution in [0.3, 0.4) is 0 Å². The summed E-state index contributed by atoms with van der Waals surface area (Å²) in [7, 11) is 0. The van der Waals surface area contributed by atoms with Gasteiger partial charge >= 0.3 is 0 Å². The summed E-state index contributed by atoms with van der Waals surface area (Å²) >= 11 is 0. The molecule has 0 unspecified atom stereocenters. The highest BCUT2D eigenvalue weighted by atomic mass is 16.3. The fourth-order valence-corrected chi connectivity index (χ4v) is 2.79. The van der Waals surface area contributed by atoms with Crippen LogP contribution in [0.4, 0.5) is 0 Å². The van der Waals surface area contributed by atoms with Crippen molar-refractivity contribution < 1.29 is 9.90 Å². The van der Waals surface area contributed by atoms with Crippen molar-refractivity contribution in [3.63, 3.8) is 0 Å². The molecule has 3 nitrogen and oxygen atoms in total. The number of amides is 1. The van der Waals surface area contributed by atoms with E-state index in [1.54, 1.807) is 0 Å². The van der Waals surface area contributed by atoms with E-state index >= 15 is 0 Å². The molecule has 0 aromatic rings. The fourth-order valence-electron chi connectivity index (χ4n) is 2.79. The second-order valence-corrected chi connectivity index (χ2v) is 5.38. The van der Waals surface area contributed by atoms with Gasteiger partial charge in [-0.15, -0.1) is 0 Å². The average molecular weight is 241 g/mol. The molecule has 0 aromatic carbocycles. The predicted molar refractivity (Wildman–Crippen MR) is 69.7 cm³/mol. The predicted octanol–water partition coefficient (Wildman–Crippen LogP) is 2.48. The Bertz CT molecular complexity index is 230. The van der Waals surface area contributed by atoms with Crippen LogP contribution < -0.4 is 5.32 Å². The number of carbonyl (C=O) groups excluding carboxylic acids is 1.